The number of carbonyl (C=O) groups excluding carboxylic acids is 2. The van der Waals surface area contributed by atoms with Crippen molar-refractivity contribution in [2.24, 2.45) is 0 Å². The van der Waals surface area contributed by atoms with Gasteiger partial charge in [0.25, 0.3) is 0 Å². The molecule has 0 radical (unpaired) electrons. The number of carbonyl (C=O) groups is 2. The molecule has 1 rings (SSSR count). The molecule has 0 spiro atoms. The van der Waals surface area contributed by atoms with Crippen LogP contribution in [0.2, 0.25) is 0 Å². The SMILES string of the molecule is CC(C)(C)OC(=O)N1CCO[C@@H](C(=O)OCCl)C1. The number of ether oxygens (including phenoxy) is 3. The molecular weight excluding hydrogens is 262 g/mol. The molecule has 1 aliphatic rings. The van der Waals surface area contributed by atoms with Crippen LogP contribution < -0.4 is 0 Å². The van der Waals surface area contributed by atoms with Crippen molar-refractivity contribution in [1.29, 1.82) is 0 Å². The summed E-state index contributed by atoms with van der Waals surface area (Å²) in [5.74, 6) is -0.571. The summed E-state index contributed by atoms with van der Waals surface area (Å²) in [6.45, 7) is 6.12. The highest BCUT2D eigenvalue weighted by Crippen LogP contribution is 2.13. The zero-order chi connectivity index (χ0) is 13.8. The summed E-state index contributed by atoms with van der Waals surface area (Å²) in [4.78, 5) is 24.7. The zero-order valence-corrected chi connectivity index (χ0v) is 11.5. The predicted octanol–water partition coefficient (Wildman–Crippen LogP) is 1.36. The first kappa shape index (κ1) is 15.0. The average molecular weight is 280 g/mol. The Morgan fingerprint density at radius 2 is 2.11 bits per heavy atom. The van der Waals surface area contributed by atoms with Gasteiger partial charge in [0.05, 0.1) is 13.2 Å². The van der Waals surface area contributed by atoms with Crippen LogP contribution in [0, 0.1) is 0 Å². The molecule has 0 bridgehead atoms. The summed E-state index contributed by atoms with van der Waals surface area (Å²) in [5.41, 5.74) is -0.568. The largest absolute Gasteiger partial charge is 0.447 e. The van der Waals surface area contributed by atoms with Crippen molar-refractivity contribution in [3.63, 3.8) is 0 Å². The standard InChI is InChI=1S/C11H18ClNO5/c1-11(2,3)18-10(15)13-4-5-16-8(6-13)9(14)17-7-12/h8H,4-7H2,1-3H3/t8-/m1/s1. The normalized spacial score (nSPS) is 20.4. The lowest BCUT2D eigenvalue weighted by Gasteiger charge is -2.33. The molecule has 0 N–H and O–H groups in total. The molecule has 1 saturated heterocycles. The molecule has 6 nitrogen and oxygen atoms in total. The second-order valence-electron chi connectivity index (χ2n) is 4.86. The summed E-state index contributed by atoms with van der Waals surface area (Å²) in [6.07, 6.45) is -1.26. The van der Waals surface area contributed by atoms with Crippen molar-refractivity contribution in [2.75, 3.05) is 25.8 Å². The number of alkyl halides is 1. The van der Waals surface area contributed by atoms with Crippen molar-refractivity contribution in [3.05, 3.63) is 0 Å². The first-order valence-electron chi connectivity index (χ1n) is 5.65. The number of nitrogens with zero attached hydrogens (tertiary/aromatic N) is 1. The monoisotopic (exact) mass is 279 g/mol. The third-order valence-corrected chi connectivity index (χ3v) is 2.29. The molecule has 1 atom stereocenters. The summed E-state index contributed by atoms with van der Waals surface area (Å²) in [5, 5.41) is 0. The van der Waals surface area contributed by atoms with E-state index in [2.05, 4.69) is 4.74 Å². The molecule has 0 aromatic carbocycles. The predicted molar refractivity (Wildman–Crippen MR) is 64.4 cm³/mol. The maximum Gasteiger partial charge on any atom is 0.410 e. The topological polar surface area (TPSA) is 65.1 Å². The fourth-order valence-electron chi connectivity index (χ4n) is 1.43. The Hall–Kier alpha value is -1.01. The number of amides is 1. The second kappa shape index (κ2) is 6.24. The Morgan fingerprint density at radius 1 is 1.44 bits per heavy atom. The molecule has 1 aliphatic heterocycles. The molecule has 0 saturated carbocycles. The molecule has 0 aromatic heterocycles. The number of halogens is 1. The van der Waals surface area contributed by atoms with E-state index < -0.39 is 23.8 Å². The molecule has 0 unspecified atom stereocenters. The highest BCUT2D eigenvalue weighted by Gasteiger charge is 2.32. The average Bonchev–Trinajstić information content (AvgIpc) is 2.27. The van der Waals surface area contributed by atoms with Crippen molar-refractivity contribution < 1.29 is 23.8 Å². The number of morpholine rings is 1. The molecular formula is C11H18ClNO5. The quantitative estimate of drug-likeness (QED) is 0.564. The lowest BCUT2D eigenvalue weighted by atomic mass is 10.2. The summed E-state index contributed by atoms with van der Waals surface area (Å²) in [6, 6.07) is -0.231. The van der Waals surface area contributed by atoms with Crippen molar-refractivity contribution >= 4 is 23.7 Å². The first-order valence-corrected chi connectivity index (χ1v) is 6.19. The summed E-state index contributed by atoms with van der Waals surface area (Å²) in [7, 11) is 0. The first-order chi connectivity index (χ1) is 8.33. The van der Waals surface area contributed by atoms with E-state index in [0.717, 1.165) is 0 Å². The molecule has 18 heavy (non-hydrogen) atoms. The van der Waals surface area contributed by atoms with Crippen LogP contribution in [0.1, 0.15) is 20.8 Å². The van der Waals surface area contributed by atoms with Gasteiger partial charge in [-0.05, 0) is 20.8 Å². The maximum atomic E-state index is 11.8. The van der Waals surface area contributed by atoms with Crippen LogP contribution in [0.25, 0.3) is 0 Å². The van der Waals surface area contributed by atoms with Crippen molar-refractivity contribution in [3.8, 4) is 0 Å². The van der Waals surface area contributed by atoms with E-state index in [1.807, 2.05) is 0 Å². The van der Waals surface area contributed by atoms with Gasteiger partial charge in [-0.25, -0.2) is 9.59 Å². The van der Waals surface area contributed by atoms with Gasteiger partial charge in [0, 0.05) is 6.54 Å². The molecule has 7 heteroatoms. The van der Waals surface area contributed by atoms with Gasteiger partial charge in [-0.3, -0.25) is 0 Å². The fraction of sp³-hybridized carbons (Fsp3) is 0.818. The molecule has 1 fully saturated rings. The Bertz CT molecular complexity index is 315. The molecule has 0 aliphatic carbocycles. The van der Waals surface area contributed by atoms with E-state index >= 15 is 0 Å². The van der Waals surface area contributed by atoms with Gasteiger partial charge in [0.15, 0.2) is 12.2 Å². The maximum absolute atomic E-state index is 11.8. The minimum Gasteiger partial charge on any atom is -0.447 e. The third kappa shape index (κ3) is 4.70. The minimum atomic E-state index is -0.801. The van der Waals surface area contributed by atoms with E-state index in [4.69, 9.17) is 21.1 Å². The number of rotatable bonds is 2. The highest BCUT2D eigenvalue weighted by molar-refractivity contribution is 6.17. The van der Waals surface area contributed by atoms with Gasteiger partial charge in [-0.2, -0.15) is 0 Å². The van der Waals surface area contributed by atoms with E-state index in [9.17, 15) is 9.59 Å². The molecule has 0 aromatic rings. The smallest absolute Gasteiger partial charge is 0.410 e. The van der Waals surface area contributed by atoms with Crippen LogP contribution in [-0.4, -0.2) is 54.4 Å². The molecule has 1 amide bonds. The van der Waals surface area contributed by atoms with E-state index in [1.165, 1.54) is 4.90 Å². The van der Waals surface area contributed by atoms with Gasteiger partial charge < -0.3 is 19.1 Å². The number of hydrogen-bond acceptors (Lipinski definition) is 5. The Morgan fingerprint density at radius 3 is 2.67 bits per heavy atom. The Labute approximate surface area is 111 Å². The number of hydrogen-bond donors (Lipinski definition) is 0. The van der Waals surface area contributed by atoms with Crippen LogP contribution in [0.15, 0.2) is 0 Å². The van der Waals surface area contributed by atoms with Gasteiger partial charge in [0.2, 0.25) is 0 Å². The van der Waals surface area contributed by atoms with Gasteiger partial charge in [-0.1, -0.05) is 11.6 Å². The van der Waals surface area contributed by atoms with Crippen LogP contribution >= 0.6 is 11.6 Å². The summed E-state index contributed by atoms with van der Waals surface area (Å²) >= 11 is 5.30. The van der Waals surface area contributed by atoms with E-state index in [0.29, 0.717) is 6.54 Å². The van der Waals surface area contributed by atoms with Gasteiger partial charge >= 0.3 is 12.1 Å². The van der Waals surface area contributed by atoms with Crippen LogP contribution in [0.5, 0.6) is 0 Å². The molecule has 1 heterocycles. The Kier molecular flexibility index (Phi) is 5.22. The minimum absolute atomic E-state index is 0.116. The highest BCUT2D eigenvalue weighted by atomic mass is 35.5. The van der Waals surface area contributed by atoms with Gasteiger partial charge in [-0.15, -0.1) is 0 Å². The van der Waals surface area contributed by atoms with Crippen molar-refractivity contribution in [2.45, 2.75) is 32.5 Å². The second-order valence-corrected chi connectivity index (χ2v) is 5.08. The van der Waals surface area contributed by atoms with E-state index in [-0.39, 0.29) is 19.2 Å². The van der Waals surface area contributed by atoms with E-state index in [1.54, 1.807) is 20.8 Å². The van der Waals surface area contributed by atoms with Gasteiger partial charge in [0.1, 0.15) is 5.60 Å². The molecule has 104 valence electrons. The van der Waals surface area contributed by atoms with Crippen molar-refractivity contribution in [1.82, 2.24) is 4.90 Å². The summed E-state index contributed by atoms with van der Waals surface area (Å²) < 4.78 is 15.1. The lowest BCUT2D eigenvalue weighted by molar-refractivity contribution is -0.160. The Balaban J connectivity index is 2.53. The third-order valence-electron chi connectivity index (χ3n) is 2.18. The fourth-order valence-corrected chi connectivity index (χ4v) is 1.54. The zero-order valence-electron chi connectivity index (χ0n) is 10.8. The lowest BCUT2D eigenvalue weighted by Crippen LogP contribution is -2.50. The number of esters is 1. The van der Waals surface area contributed by atoms with Crippen LogP contribution in [-0.2, 0) is 19.0 Å². The van der Waals surface area contributed by atoms with Crippen LogP contribution in [0.3, 0.4) is 0 Å². The van der Waals surface area contributed by atoms with Crippen LogP contribution in [0.4, 0.5) is 4.79 Å².